The molecule has 8 heteroatoms. The predicted octanol–water partition coefficient (Wildman–Crippen LogP) is 3.34. The number of hydrogen-bond acceptors (Lipinski definition) is 6. The van der Waals surface area contributed by atoms with E-state index in [-0.39, 0.29) is 17.9 Å². The summed E-state index contributed by atoms with van der Waals surface area (Å²) < 4.78 is 6.32. The number of hydrogen-bond donors (Lipinski definition) is 1. The van der Waals surface area contributed by atoms with E-state index in [1.54, 1.807) is 23.6 Å². The summed E-state index contributed by atoms with van der Waals surface area (Å²) in [7, 11) is 0. The lowest BCUT2D eigenvalue weighted by molar-refractivity contribution is -0.117. The molecule has 0 bridgehead atoms. The lowest BCUT2D eigenvalue weighted by Gasteiger charge is -2.13. The molecule has 0 aliphatic rings. The fourth-order valence-electron chi connectivity index (χ4n) is 2.60. The number of ether oxygens (including phenoxy) is 1. The van der Waals surface area contributed by atoms with Crippen molar-refractivity contribution < 1.29 is 14.3 Å². The van der Waals surface area contributed by atoms with E-state index in [2.05, 4.69) is 17.2 Å². The highest BCUT2D eigenvalue weighted by atomic mass is 32.2. The van der Waals surface area contributed by atoms with E-state index in [0.29, 0.717) is 22.6 Å². The van der Waals surface area contributed by atoms with Crippen molar-refractivity contribution in [1.82, 2.24) is 14.9 Å². The van der Waals surface area contributed by atoms with Crippen molar-refractivity contribution in [3.8, 4) is 0 Å². The molecule has 0 aliphatic carbocycles. The second kappa shape index (κ2) is 10.7. The first-order chi connectivity index (χ1) is 13.1. The van der Waals surface area contributed by atoms with Gasteiger partial charge in [-0.05, 0) is 25.5 Å². The summed E-state index contributed by atoms with van der Waals surface area (Å²) in [6, 6.07) is 7.17. The zero-order valence-electron chi connectivity index (χ0n) is 15.7. The second-order valence-corrected chi connectivity index (χ2v) is 6.93. The minimum Gasteiger partial charge on any atom is -0.450 e. The van der Waals surface area contributed by atoms with Crippen LogP contribution in [-0.4, -0.2) is 33.9 Å². The Hall–Kier alpha value is -2.35. The van der Waals surface area contributed by atoms with Gasteiger partial charge >= 0.3 is 6.09 Å². The number of carbonyl (C=O) groups is 2. The van der Waals surface area contributed by atoms with Gasteiger partial charge in [0.25, 0.3) is 5.56 Å². The highest BCUT2D eigenvalue weighted by molar-refractivity contribution is 7.99. The van der Waals surface area contributed by atoms with Crippen LogP contribution < -0.4 is 10.9 Å². The molecule has 27 heavy (non-hydrogen) atoms. The molecule has 2 rings (SSSR count). The number of carbonyl (C=O) groups excluding carboxylic acids is 2. The molecule has 0 saturated carbocycles. The molecule has 0 aliphatic heterocycles. The molecule has 1 aromatic carbocycles. The maximum absolute atomic E-state index is 12.9. The highest BCUT2D eigenvalue weighted by Gasteiger charge is 2.14. The van der Waals surface area contributed by atoms with Crippen molar-refractivity contribution in [2.75, 3.05) is 12.4 Å². The van der Waals surface area contributed by atoms with E-state index in [9.17, 15) is 14.4 Å². The number of nitrogens with zero attached hydrogens (tertiary/aromatic N) is 2. The summed E-state index contributed by atoms with van der Waals surface area (Å²) in [6.07, 6.45) is 3.35. The van der Waals surface area contributed by atoms with Gasteiger partial charge in [-0.25, -0.2) is 9.78 Å². The lowest BCUT2D eigenvalue weighted by atomic mass is 10.2. The van der Waals surface area contributed by atoms with Gasteiger partial charge < -0.3 is 4.74 Å². The molecular weight excluding hydrogens is 366 g/mol. The van der Waals surface area contributed by atoms with Crippen LogP contribution in [0, 0.1) is 0 Å². The maximum Gasteiger partial charge on any atom is 0.413 e. The van der Waals surface area contributed by atoms with Gasteiger partial charge in [-0.3, -0.25) is 19.5 Å². The Morgan fingerprint density at radius 3 is 2.70 bits per heavy atom. The molecule has 0 saturated heterocycles. The molecule has 7 nitrogen and oxygen atoms in total. The van der Waals surface area contributed by atoms with Gasteiger partial charge in [0.1, 0.15) is 0 Å². The second-order valence-electron chi connectivity index (χ2n) is 5.99. The number of amides is 2. The van der Waals surface area contributed by atoms with Gasteiger partial charge in [0.2, 0.25) is 5.91 Å². The van der Waals surface area contributed by atoms with Crippen LogP contribution in [0.3, 0.4) is 0 Å². The first-order valence-electron chi connectivity index (χ1n) is 9.15. The Morgan fingerprint density at radius 2 is 1.96 bits per heavy atom. The van der Waals surface area contributed by atoms with E-state index in [1.807, 2.05) is 12.1 Å². The average molecular weight is 391 g/mol. The van der Waals surface area contributed by atoms with Crippen LogP contribution in [0.4, 0.5) is 4.79 Å². The fourth-order valence-corrected chi connectivity index (χ4v) is 3.42. The largest absolute Gasteiger partial charge is 0.450 e. The average Bonchev–Trinajstić information content (AvgIpc) is 2.65. The Morgan fingerprint density at radius 1 is 1.19 bits per heavy atom. The molecule has 0 fully saturated rings. The number of alkyl carbamates (subject to hydrolysis) is 1. The van der Waals surface area contributed by atoms with E-state index in [0.717, 1.165) is 37.4 Å². The normalized spacial score (nSPS) is 10.7. The smallest absolute Gasteiger partial charge is 0.413 e. The molecule has 1 aromatic heterocycles. The Bertz CT molecular complexity index is 850. The topological polar surface area (TPSA) is 90.3 Å². The van der Waals surface area contributed by atoms with Gasteiger partial charge in [0.05, 0.1) is 23.3 Å². The molecule has 0 atom stereocenters. The molecule has 146 valence electrons. The van der Waals surface area contributed by atoms with Gasteiger partial charge in [-0.2, -0.15) is 0 Å². The molecule has 0 radical (unpaired) electrons. The van der Waals surface area contributed by atoms with Crippen molar-refractivity contribution in [2.24, 2.45) is 0 Å². The number of aromatic nitrogens is 2. The summed E-state index contributed by atoms with van der Waals surface area (Å²) in [5.74, 6) is -0.517. The summed E-state index contributed by atoms with van der Waals surface area (Å²) >= 11 is 1.14. The Labute approximate surface area is 162 Å². The standard InChI is InChI=1S/C19H25N3O4S/c1-3-5-6-9-12-22-17(24)14-10-7-8-11-15(14)20-18(22)27-13-16(23)21-19(25)26-4-2/h7-8,10-11H,3-6,9,12-13H2,1-2H3,(H,21,23,25). The van der Waals surface area contributed by atoms with Crippen LogP contribution in [0.2, 0.25) is 0 Å². The molecule has 0 unspecified atom stereocenters. The number of unbranched alkanes of at least 4 members (excludes halogenated alkanes) is 3. The van der Waals surface area contributed by atoms with Gasteiger partial charge in [-0.1, -0.05) is 50.1 Å². The molecule has 1 heterocycles. The predicted molar refractivity (Wildman–Crippen MR) is 106 cm³/mol. The quantitative estimate of drug-likeness (QED) is 0.400. The molecule has 1 N–H and O–H groups in total. The lowest BCUT2D eigenvalue weighted by Crippen LogP contribution is -2.32. The summed E-state index contributed by atoms with van der Waals surface area (Å²) in [6.45, 7) is 4.54. The Balaban J connectivity index is 2.18. The number of imide groups is 1. The third-order valence-electron chi connectivity index (χ3n) is 3.91. The minimum atomic E-state index is -0.772. The van der Waals surface area contributed by atoms with Crippen LogP contribution in [0.15, 0.2) is 34.2 Å². The maximum atomic E-state index is 12.9. The van der Waals surface area contributed by atoms with Crippen LogP contribution in [0.5, 0.6) is 0 Å². The number of nitrogens with one attached hydrogen (secondary N) is 1. The van der Waals surface area contributed by atoms with Crippen LogP contribution in [0.1, 0.15) is 39.5 Å². The van der Waals surface area contributed by atoms with E-state index in [4.69, 9.17) is 4.74 Å². The van der Waals surface area contributed by atoms with Crippen LogP contribution in [0.25, 0.3) is 10.9 Å². The Kier molecular flexibility index (Phi) is 8.32. The van der Waals surface area contributed by atoms with Gasteiger partial charge in [0.15, 0.2) is 5.16 Å². The number of fused-ring (bicyclic) bond motifs is 1. The minimum absolute atomic E-state index is 0.0292. The highest BCUT2D eigenvalue weighted by Crippen LogP contribution is 2.18. The number of benzene rings is 1. The summed E-state index contributed by atoms with van der Waals surface area (Å²) in [5.41, 5.74) is 0.492. The number of thioether (sulfide) groups is 1. The summed E-state index contributed by atoms with van der Waals surface area (Å²) in [4.78, 5) is 40.6. The third kappa shape index (κ3) is 6.09. The molecular formula is C19H25N3O4S. The first-order valence-corrected chi connectivity index (χ1v) is 10.1. The first kappa shape index (κ1) is 21.0. The van der Waals surface area contributed by atoms with Gasteiger partial charge in [-0.15, -0.1) is 0 Å². The number of rotatable bonds is 9. The van der Waals surface area contributed by atoms with Crippen LogP contribution in [-0.2, 0) is 16.1 Å². The van der Waals surface area contributed by atoms with Crippen molar-refractivity contribution in [1.29, 1.82) is 0 Å². The van der Waals surface area contributed by atoms with Crippen molar-refractivity contribution >= 4 is 34.7 Å². The van der Waals surface area contributed by atoms with Gasteiger partial charge in [0, 0.05) is 6.54 Å². The third-order valence-corrected chi connectivity index (χ3v) is 4.89. The zero-order chi connectivity index (χ0) is 19.6. The van der Waals surface area contributed by atoms with E-state index in [1.165, 1.54) is 0 Å². The molecule has 2 amide bonds. The van der Waals surface area contributed by atoms with E-state index < -0.39 is 12.0 Å². The van der Waals surface area contributed by atoms with Crippen molar-refractivity contribution in [2.45, 2.75) is 51.2 Å². The monoisotopic (exact) mass is 391 g/mol. The van der Waals surface area contributed by atoms with Crippen molar-refractivity contribution in [3.05, 3.63) is 34.6 Å². The van der Waals surface area contributed by atoms with Crippen LogP contribution >= 0.6 is 11.8 Å². The molecule has 2 aromatic rings. The van der Waals surface area contributed by atoms with Crippen molar-refractivity contribution in [3.63, 3.8) is 0 Å². The fraction of sp³-hybridized carbons (Fsp3) is 0.474. The molecule has 0 spiro atoms. The van der Waals surface area contributed by atoms with E-state index >= 15 is 0 Å². The zero-order valence-corrected chi connectivity index (χ0v) is 16.5. The SMILES string of the molecule is CCCCCCn1c(SCC(=O)NC(=O)OCC)nc2ccccc2c1=O. The summed E-state index contributed by atoms with van der Waals surface area (Å²) in [5, 5.41) is 3.19. The number of para-hydroxylation sites is 1.